The van der Waals surface area contributed by atoms with Gasteiger partial charge in [0.25, 0.3) is 0 Å². The topological polar surface area (TPSA) is 73.6 Å². The number of methoxy groups -OCH3 is 2. The molecule has 1 atom stereocenters. The average Bonchev–Trinajstić information content (AvgIpc) is 2.59. The maximum atomic E-state index is 11.9. The molecule has 0 bridgehead atoms. The van der Waals surface area contributed by atoms with E-state index in [4.69, 9.17) is 9.47 Å². The van der Waals surface area contributed by atoms with Gasteiger partial charge in [-0.25, -0.2) is 0 Å². The van der Waals surface area contributed by atoms with Crippen molar-refractivity contribution in [2.75, 3.05) is 21.3 Å². The van der Waals surface area contributed by atoms with Crippen LogP contribution >= 0.6 is 0 Å². The van der Waals surface area contributed by atoms with Crippen LogP contribution in [-0.2, 0) is 12.1 Å². The summed E-state index contributed by atoms with van der Waals surface area (Å²) in [6.45, 7) is 0. The molecule has 0 saturated heterocycles. The molecule has 2 aromatic carbocycles. The molecule has 0 spiro atoms. The van der Waals surface area contributed by atoms with Gasteiger partial charge in [-0.05, 0) is 30.8 Å². The van der Waals surface area contributed by atoms with Gasteiger partial charge in [0.05, 0.1) is 20.6 Å². The molecule has 23 heavy (non-hydrogen) atoms. The summed E-state index contributed by atoms with van der Waals surface area (Å²) >= 11 is 0. The Morgan fingerprint density at radius 3 is 2.26 bits per heavy atom. The normalized spacial score (nSPS) is 13.2. The number of nitrogens with one attached hydrogen (secondary N) is 1. The number of rotatable bonds is 7. The smallest absolute Gasteiger partial charge is 0.304 e. The Morgan fingerprint density at radius 1 is 1.09 bits per heavy atom. The van der Waals surface area contributed by atoms with E-state index in [0.29, 0.717) is 17.1 Å². The van der Waals surface area contributed by atoms with E-state index >= 15 is 0 Å². The van der Waals surface area contributed by atoms with Crippen LogP contribution in [-0.4, -0.2) is 26.2 Å². The summed E-state index contributed by atoms with van der Waals surface area (Å²) in [6, 6.07) is 14.4. The van der Waals surface area contributed by atoms with Crippen LogP contribution < -0.4 is 14.8 Å². The molecule has 0 aromatic heterocycles. The van der Waals surface area contributed by atoms with Gasteiger partial charge in [-0.3, -0.25) is 15.4 Å². The van der Waals surface area contributed by atoms with Crippen LogP contribution in [0.5, 0.6) is 11.5 Å². The van der Waals surface area contributed by atoms with Gasteiger partial charge in [0.2, 0.25) is 0 Å². The van der Waals surface area contributed by atoms with Crippen LogP contribution in [0.4, 0.5) is 0 Å². The van der Waals surface area contributed by atoms with Crippen molar-refractivity contribution in [1.29, 1.82) is 0 Å². The van der Waals surface area contributed by atoms with Crippen molar-refractivity contribution >= 4 is 0 Å². The Morgan fingerprint density at radius 2 is 1.74 bits per heavy atom. The van der Waals surface area contributed by atoms with E-state index in [1.165, 1.54) is 14.2 Å². The number of hydrogen-bond donors (Lipinski definition) is 1. The fraction of sp³-hybridized carbons (Fsp3) is 0.294. The highest BCUT2D eigenvalue weighted by Gasteiger charge is 2.44. The first-order chi connectivity index (χ1) is 11.1. The molecule has 6 nitrogen and oxygen atoms in total. The third kappa shape index (κ3) is 3.27. The van der Waals surface area contributed by atoms with E-state index in [9.17, 15) is 10.1 Å². The van der Waals surface area contributed by atoms with Gasteiger partial charge in [-0.15, -0.1) is 0 Å². The monoisotopic (exact) mass is 316 g/mol. The molecule has 0 aliphatic rings. The zero-order valence-corrected chi connectivity index (χ0v) is 13.4. The van der Waals surface area contributed by atoms with Crippen LogP contribution in [0.1, 0.15) is 11.1 Å². The van der Waals surface area contributed by atoms with Crippen molar-refractivity contribution in [2.24, 2.45) is 0 Å². The van der Waals surface area contributed by atoms with Crippen LogP contribution in [0.25, 0.3) is 0 Å². The quantitative estimate of drug-likeness (QED) is 0.483. The number of likely N-dealkylation sites (N-methyl/N-ethyl adjacent to an activating group) is 1. The third-order valence-electron chi connectivity index (χ3n) is 3.89. The third-order valence-corrected chi connectivity index (χ3v) is 3.89. The molecule has 0 saturated carbocycles. The second kappa shape index (κ2) is 7.11. The summed E-state index contributed by atoms with van der Waals surface area (Å²) in [6.07, 6.45) is 0.215. The molecule has 122 valence electrons. The number of nitrogens with zero attached hydrogens (tertiary/aromatic N) is 1. The lowest BCUT2D eigenvalue weighted by Gasteiger charge is -2.26. The summed E-state index contributed by atoms with van der Waals surface area (Å²) in [4.78, 5) is 11.6. The molecule has 0 aliphatic carbocycles. The molecular weight excluding hydrogens is 296 g/mol. The highest BCUT2D eigenvalue weighted by Crippen LogP contribution is 2.34. The van der Waals surface area contributed by atoms with E-state index in [2.05, 4.69) is 5.32 Å². The Labute approximate surface area is 135 Å². The fourth-order valence-corrected chi connectivity index (χ4v) is 2.58. The van der Waals surface area contributed by atoms with Crippen LogP contribution in [0.2, 0.25) is 0 Å². The SMILES string of the molecule is CNC(Cc1ccccc1)(c1ccc(OC)c(OC)c1)[N+](=O)[O-]. The molecule has 0 heterocycles. The van der Waals surface area contributed by atoms with Gasteiger partial charge >= 0.3 is 5.66 Å². The van der Waals surface area contributed by atoms with Crippen molar-refractivity contribution in [1.82, 2.24) is 5.32 Å². The van der Waals surface area contributed by atoms with Crippen LogP contribution in [0.15, 0.2) is 48.5 Å². The lowest BCUT2D eigenvalue weighted by atomic mass is 9.92. The van der Waals surface area contributed by atoms with E-state index in [0.717, 1.165) is 5.56 Å². The molecule has 0 fully saturated rings. The number of nitro groups is 1. The maximum absolute atomic E-state index is 11.9. The lowest BCUT2D eigenvalue weighted by Crippen LogP contribution is -2.49. The Kier molecular flexibility index (Phi) is 5.18. The van der Waals surface area contributed by atoms with E-state index in [-0.39, 0.29) is 11.3 Å². The molecule has 0 radical (unpaired) electrons. The Hall–Kier alpha value is -2.60. The summed E-state index contributed by atoms with van der Waals surface area (Å²) in [5.74, 6) is 0.990. The van der Waals surface area contributed by atoms with Crippen LogP contribution in [0.3, 0.4) is 0 Å². The summed E-state index contributed by atoms with van der Waals surface area (Å²) < 4.78 is 10.5. The second-order valence-corrected chi connectivity index (χ2v) is 5.10. The molecule has 0 amide bonds. The minimum absolute atomic E-state index is 0.215. The molecular formula is C17H20N2O4. The molecule has 2 rings (SSSR count). The number of ether oxygens (including phenoxy) is 2. The van der Waals surface area contributed by atoms with E-state index < -0.39 is 5.66 Å². The molecule has 1 N–H and O–H groups in total. The van der Waals surface area contributed by atoms with Crippen molar-refractivity contribution < 1.29 is 14.4 Å². The Bertz CT molecular complexity index is 676. The van der Waals surface area contributed by atoms with Gasteiger partial charge in [0.15, 0.2) is 11.5 Å². The molecule has 2 aromatic rings. The lowest BCUT2D eigenvalue weighted by molar-refractivity contribution is -0.587. The summed E-state index contributed by atoms with van der Waals surface area (Å²) in [5, 5.41) is 14.8. The van der Waals surface area contributed by atoms with E-state index in [1.54, 1.807) is 25.2 Å². The predicted octanol–water partition coefficient (Wildman–Crippen LogP) is 2.60. The Balaban J connectivity index is 2.52. The fourth-order valence-electron chi connectivity index (χ4n) is 2.58. The first kappa shape index (κ1) is 16.8. The molecule has 6 heteroatoms. The second-order valence-electron chi connectivity index (χ2n) is 5.10. The highest BCUT2D eigenvalue weighted by atomic mass is 16.6. The first-order valence-corrected chi connectivity index (χ1v) is 7.17. The first-order valence-electron chi connectivity index (χ1n) is 7.17. The van der Waals surface area contributed by atoms with Crippen molar-refractivity contribution in [2.45, 2.75) is 12.1 Å². The minimum Gasteiger partial charge on any atom is -0.493 e. The average molecular weight is 316 g/mol. The van der Waals surface area contributed by atoms with Crippen molar-refractivity contribution in [3.63, 3.8) is 0 Å². The van der Waals surface area contributed by atoms with Gasteiger partial charge in [0.1, 0.15) is 0 Å². The maximum Gasteiger partial charge on any atom is 0.304 e. The van der Waals surface area contributed by atoms with Crippen molar-refractivity contribution in [3.8, 4) is 11.5 Å². The molecule has 1 unspecified atom stereocenters. The zero-order chi connectivity index (χ0) is 16.9. The van der Waals surface area contributed by atoms with Gasteiger partial charge in [-0.1, -0.05) is 30.3 Å². The highest BCUT2D eigenvalue weighted by molar-refractivity contribution is 5.44. The summed E-state index contributed by atoms with van der Waals surface area (Å²) in [5.41, 5.74) is -0.0687. The van der Waals surface area contributed by atoms with Gasteiger partial charge in [0, 0.05) is 10.5 Å². The largest absolute Gasteiger partial charge is 0.493 e. The minimum atomic E-state index is -1.44. The van der Waals surface area contributed by atoms with Crippen molar-refractivity contribution in [3.05, 3.63) is 69.8 Å². The summed E-state index contributed by atoms with van der Waals surface area (Å²) in [7, 11) is 4.62. The number of hydrogen-bond acceptors (Lipinski definition) is 5. The van der Waals surface area contributed by atoms with E-state index in [1.807, 2.05) is 30.3 Å². The number of benzene rings is 2. The van der Waals surface area contributed by atoms with Crippen LogP contribution in [0, 0.1) is 10.1 Å². The van der Waals surface area contributed by atoms with Gasteiger partial charge < -0.3 is 9.47 Å². The standard InChI is InChI=1S/C17H20N2O4/c1-18-17(19(20)21,12-13-7-5-4-6-8-13)14-9-10-15(22-2)16(11-14)23-3/h4-11,18H,12H2,1-3H3. The zero-order valence-electron chi connectivity index (χ0n) is 13.4. The predicted molar refractivity (Wildman–Crippen MR) is 87.4 cm³/mol. The molecule has 0 aliphatic heterocycles. The van der Waals surface area contributed by atoms with Gasteiger partial charge in [-0.2, -0.15) is 0 Å².